The molecule has 1 amide bonds. The third kappa shape index (κ3) is 7.97. The number of hydrogen-bond donors (Lipinski definition) is 4. The lowest BCUT2D eigenvalue weighted by atomic mass is 9.44. The highest BCUT2D eigenvalue weighted by molar-refractivity contribution is 5.95. The molecule has 4 aliphatic rings. The smallest absolute Gasteiger partial charge is 0.408 e. The van der Waals surface area contributed by atoms with Crippen LogP contribution in [0.25, 0.3) is 0 Å². The second kappa shape index (κ2) is 17.6. The summed E-state index contributed by atoms with van der Waals surface area (Å²) in [5.41, 5.74) is -6.73. The van der Waals surface area contributed by atoms with E-state index in [4.69, 9.17) is 28.4 Å². The molecule has 16 heteroatoms. The van der Waals surface area contributed by atoms with Crippen molar-refractivity contribution in [2.75, 3.05) is 6.61 Å². The van der Waals surface area contributed by atoms with E-state index in [1.54, 1.807) is 92.7 Å². The Labute approximate surface area is 369 Å². The van der Waals surface area contributed by atoms with E-state index in [2.05, 4.69) is 5.32 Å². The number of fused-ring (bicyclic) bond motifs is 5. The number of carbonyl (C=O) groups excluding carboxylic acids is 6. The van der Waals surface area contributed by atoms with Crippen molar-refractivity contribution < 1.29 is 72.5 Å². The van der Waals surface area contributed by atoms with Gasteiger partial charge in [0.15, 0.2) is 23.6 Å². The first-order valence-corrected chi connectivity index (χ1v) is 21.1. The van der Waals surface area contributed by atoms with Crippen LogP contribution < -0.4 is 5.32 Å². The molecule has 1 saturated heterocycles. The average Bonchev–Trinajstić information content (AvgIpc) is 3.26. The molecule has 16 nitrogen and oxygen atoms in total. The normalized spacial score (nSPS) is 31.2. The summed E-state index contributed by atoms with van der Waals surface area (Å²) in [6.07, 6.45) is -11.6. The predicted molar refractivity (Wildman–Crippen MR) is 224 cm³/mol. The molecule has 11 atom stereocenters. The van der Waals surface area contributed by atoms with Crippen molar-refractivity contribution in [2.45, 2.75) is 115 Å². The van der Waals surface area contributed by atoms with Crippen molar-refractivity contribution in [2.24, 2.45) is 16.7 Å². The summed E-state index contributed by atoms with van der Waals surface area (Å²) < 4.78 is 35.7. The van der Waals surface area contributed by atoms with E-state index in [0.29, 0.717) is 11.1 Å². The maximum Gasteiger partial charge on any atom is 0.408 e. The van der Waals surface area contributed by atoms with Crippen LogP contribution >= 0.6 is 0 Å². The van der Waals surface area contributed by atoms with Crippen molar-refractivity contribution in [1.82, 2.24) is 5.32 Å². The first-order chi connectivity index (χ1) is 30.3. The van der Waals surface area contributed by atoms with Crippen molar-refractivity contribution in [3.8, 4) is 0 Å². The van der Waals surface area contributed by atoms with E-state index in [1.807, 2.05) is 0 Å². The molecule has 7 rings (SSSR count). The van der Waals surface area contributed by atoms with Gasteiger partial charge in [0, 0.05) is 32.1 Å². The molecule has 0 aromatic heterocycles. The molecule has 3 aromatic rings. The van der Waals surface area contributed by atoms with Crippen LogP contribution in [0.1, 0.15) is 81.9 Å². The van der Waals surface area contributed by atoms with Gasteiger partial charge in [-0.1, -0.05) is 92.7 Å². The minimum absolute atomic E-state index is 0.0166. The maximum atomic E-state index is 15.5. The molecular weight excluding hydrogens is 831 g/mol. The van der Waals surface area contributed by atoms with Gasteiger partial charge in [0.1, 0.15) is 30.5 Å². The van der Waals surface area contributed by atoms with Crippen LogP contribution in [0.5, 0.6) is 0 Å². The molecule has 4 N–H and O–H groups in total. The number of rotatable bonds is 11. The number of nitrogens with one attached hydrogen (secondary N) is 1. The van der Waals surface area contributed by atoms with Crippen LogP contribution in [0, 0.1) is 16.7 Å². The number of aliphatic hydroxyl groups excluding tert-OH is 2. The predicted octanol–water partition coefficient (Wildman–Crippen LogP) is 4.23. The molecule has 3 fully saturated rings. The van der Waals surface area contributed by atoms with Gasteiger partial charge in [0.05, 0.1) is 35.6 Å². The number of benzene rings is 3. The maximum absolute atomic E-state index is 15.5. The summed E-state index contributed by atoms with van der Waals surface area (Å²) in [6.45, 7) is 7.81. The van der Waals surface area contributed by atoms with E-state index in [1.165, 1.54) is 26.0 Å². The Morgan fingerprint density at radius 2 is 1.47 bits per heavy atom. The van der Waals surface area contributed by atoms with E-state index < -0.39 is 113 Å². The second-order valence-electron chi connectivity index (χ2n) is 17.7. The topological polar surface area (TPSA) is 231 Å². The van der Waals surface area contributed by atoms with Crippen LogP contribution in [-0.2, 0) is 54.2 Å². The van der Waals surface area contributed by atoms with E-state index >= 15 is 4.79 Å². The Kier molecular flexibility index (Phi) is 12.6. The van der Waals surface area contributed by atoms with Crippen molar-refractivity contribution in [1.29, 1.82) is 0 Å². The second-order valence-corrected chi connectivity index (χ2v) is 17.7. The third-order valence-electron chi connectivity index (χ3n) is 13.6. The lowest BCUT2D eigenvalue weighted by molar-refractivity contribution is -0.346. The monoisotopic (exact) mass is 883 g/mol. The number of alkyl carbamates (subject to hydrolysis) is 1. The van der Waals surface area contributed by atoms with Crippen molar-refractivity contribution in [3.05, 3.63) is 119 Å². The average molecular weight is 884 g/mol. The zero-order chi connectivity index (χ0) is 46.4. The zero-order valence-corrected chi connectivity index (χ0v) is 36.3. The molecular formula is C48H53NO15. The van der Waals surface area contributed by atoms with E-state index in [-0.39, 0.29) is 36.3 Å². The van der Waals surface area contributed by atoms with Gasteiger partial charge < -0.3 is 49.1 Å². The van der Waals surface area contributed by atoms with Gasteiger partial charge in [-0.15, -0.1) is 0 Å². The Hall–Kier alpha value is -5.94. The first-order valence-electron chi connectivity index (χ1n) is 21.1. The molecule has 0 spiro atoms. The molecule has 340 valence electrons. The minimum Gasteiger partial charge on any atom is -0.456 e. The Balaban J connectivity index is 1.34. The largest absolute Gasteiger partial charge is 0.456 e. The highest BCUT2D eigenvalue weighted by Gasteiger charge is 2.78. The van der Waals surface area contributed by atoms with Crippen molar-refractivity contribution >= 4 is 35.8 Å². The van der Waals surface area contributed by atoms with Gasteiger partial charge in [-0.05, 0) is 48.3 Å². The Morgan fingerprint density at radius 3 is 2.05 bits per heavy atom. The standard InChI is InChI=1S/C48H53NO15/c1-26-32(62-43(56)37(53)36(30-18-12-8-13-19-30)49-44(57)59-24-29-16-10-7-11-17-29)23-48(58)41(63-42(55)31-20-14-9-15-21-31)39-46(6,33(52)22-34-47(39,25-60-34)64-28(3)51)40(54)38(61-27(2)50)35(26)45(48,4)5/h7-21,32-34,36-39,41,52-53,58H,22-25H2,1-6H3,(H,49,57)/t32?,33-,34?,36-,37?,38+,39?,41-,46+,47-,48+/m0/s1. The first kappa shape index (κ1) is 46.1. The van der Waals surface area contributed by atoms with Gasteiger partial charge in [-0.25, -0.2) is 14.4 Å². The number of carbonyl (C=O) groups is 6. The van der Waals surface area contributed by atoms with E-state index in [0.717, 1.165) is 13.8 Å². The highest BCUT2D eigenvalue weighted by atomic mass is 16.6. The van der Waals surface area contributed by atoms with Crippen LogP contribution in [0.2, 0.25) is 0 Å². The van der Waals surface area contributed by atoms with Crippen LogP contribution in [-0.4, -0.2) is 106 Å². The molecule has 64 heavy (non-hydrogen) atoms. The number of hydrogen-bond acceptors (Lipinski definition) is 15. The quantitative estimate of drug-likeness (QED) is 0.120. The van der Waals surface area contributed by atoms with Crippen LogP contribution in [0.3, 0.4) is 0 Å². The zero-order valence-electron chi connectivity index (χ0n) is 36.3. The molecule has 0 radical (unpaired) electrons. The SMILES string of the molecule is CC(=O)O[C@H]1C(=O)[C@@]2(C)C([C@H](OC(=O)c3ccccc3)[C@]3(O)CC(OC(=O)C(O)[C@@H](NC(=O)OCc4ccccc4)c4ccccc4)C(C)=C1C3(C)C)[C@]1(OC(C)=O)COC1C[C@@H]2O. The fraction of sp³-hybridized carbons (Fsp3) is 0.458. The van der Waals surface area contributed by atoms with Gasteiger partial charge in [0.2, 0.25) is 0 Å². The fourth-order valence-electron chi connectivity index (χ4n) is 10.3. The number of ether oxygens (including phenoxy) is 6. The van der Waals surface area contributed by atoms with Crippen LogP contribution in [0.4, 0.5) is 4.79 Å². The number of esters is 4. The number of aliphatic hydroxyl groups is 3. The Morgan fingerprint density at radius 1 is 0.859 bits per heavy atom. The number of Topliss-reactive ketones (excluding diaryl/α,β-unsaturated/α-hetero) is 1. The van der Waals surface area contributed by atoms with Gasteiger partial charge in [-0.2, -0.15) is 0 Å². The van der Waals surface area contributed by atoms with E-state index in [9.17, 15) is 39.3 Å². The molecule has 3 aromatic carbocycles. The summed E-state index contributed by atoms with van der Waals surface area (Å²) >= 11 is 0. The molecule has 1 aliphatic heterocycles. The summed E-state index contributed by atoms with van der Waals surface area (Å²) in [7, 11) is 0. The fourth-order valence-corrected chi connectivity index (χ4v) is 10.3. The van der Waals surface area contributed by atoms with Gasteiger partial charge in [-0.3, -0.25) is 14.4 Å². The lowest BCUT2D eigenvalue weighted by Gasteiger charge is -2.67. The van der Waals surface area contributed by atoms with Crippen LogP contribution in [0.15, 0.2) is 102 Å². The molecule has 3 aliphatic carbocycles. The lowest BCUT2D eigenvalue weighted by Crippen LogP contribution is -2.82. The molecule has 1 heterocycles. The summed E-state index contributed by atoms with van der Waals surface area (Å²) in [6, 6.07) is 23.4. The molecule has 4 unspecified atom stereocenters. The number of ketones is 1. The minimum atomic E-state index is -2.41. The molecule has 2 bridgehead atoms. The van der Waals surface area contributed by atoms with Gasteiger partial charge >= 0.3 is 30.0 Å². The summed E-state index contributed by atoms with van der Waals surface area (Å²) in [5, 5.41) is 40.1. The Bertz CT molecular complexity index is 2320. The highest BCUT2D eigenvalue weighted by Crippen LogP contribution is 2.64. The summed E-state index contributed by atoms with van der Waals surface area (Å²) in [5.74, 6) is -6.33. The van der Waals surface area contributed by atoms with Crippen molar-refractivity contribution in [3.63, 3.8) is 0 Å². The number of amides is 1. The molecule has 2 saturated carbocycles. The van der Waals surface area contributed by atoms with Gasteiger partial charge in [0.25, 0.3) is 0 Å². The third-order valence-corrected chi connectivity index (χ3v) is 13.6. The summed E-state index contributed by atoms with van der Waals surface area (Å²) in [4.78, 5) is 83.3.